The van der Waals surface area contributed by atoms with Crippen molar-refractivity contribution in [1.82, 2.24) is 0 Å². The van der Waals surface area contributed by atoms with Gasteiger partial charge in [-0.3, -0.25) is 0 Å². The number of benzene rings is 2. The summed E-state index contributed by atoms with van der Waals surface area (Å²) < 4.78 is 5.18. The minimum Gasteiger partial charge on any atom is -0.507 e. The van der Waals surface area contributed by atoms with Gasteiger partial charge in [0.1, 0.15) is 17.6 Å². The first-order chi connectivity index (χ1) is 10.5. The molecule has 0 aromatic heterocycles. The summed E-state index contributed by atoms with van der Waals surface area (Å²) in [6, 6.07) is 13.5. The maximum atomic E-state index is 10.1. The standard InChI is InChI=1S/C17H20O5/c1-2-7-15(19)17(20,21)22-14-11-6-10-13(18)16(14)12-8-4-3-5-9-12/h3-6,8-11,15,18-21H,2,7H2,1H3/t15-/m1/s1. The molecular formula is C17H20O5. The number of hydrogen-bond acceptors (Lipinski definition) is 5. The highest BCUT2D eigenvalue weighted by Crippen LogP contribution is 2.39. The molecule has 2 rings (SSSR count). The van der Waals surface area contributed by atoms with Crippen LogP contribution < -0.4 is 4.74 Å². The van der Waals surface area contributed by atoms with Crippen LogP contribution in [0.5, 0.6) is 11.5 Å². The van der Waals surface area contributed by atoms with E-state index in [1.165, 1.54) is 18.2 Å². The quantitative estimate of drug-likeness (QED) is 0.615. The smallest absolute Gasteiger partial charge is 0.349 e. The molecule has 2 aromatic carbocycles. The number of hydrogen-bond donors (Lipinski definition) is 4. The average molecular weight is 304 g/mol. The predicted molar refractivity (Wildman–Crippen MR) is 82.3 cm³/mol. The fourth-order valence-corrected chi connectivity index (χ4v) is 2.19. The topological polar surface area (TPSA) is 90.2 Å². The zero-order valence-corrected chi connectivity index (χ0v) is 12.3. The van der Waals surface area contributed by atoms with Crippen LogP contribution in [0.4, 0.5) is 0 Å². The number of ether oxygens (including phenoxy) is 1. The Kier molecular flexibility index (Phi) is 5.03. The molecule has 0 saturated heterocycles. The molecule has 0 aliphatic heterocycles. The van der Waals surface area contributed by atoms with Gasteiger partial charge in [0.15, 0.2) is 0 Å². The van der Waals surface area contributed by atoms with Crippen molar-refractivity contribution in [2.75, 3.05) is 0 Å². The maximum absolute atomic E-state index is 10.1. The van der Waals surface area contributed by atoms with Crippen LogP contribution >= 0.6 is 0 Å². The molecule has 1 atom stereocenters. The highest BCUT2D eigenvalue weighted by Gasteiger charge is 2.36. The lowest BCUT2D eigenvalue weighted by atomic mass is 10.0. The SMILES string of the molecule is CCC[C@@H](O)C(O)(O)Oc1cccc(O)c1-c1ccccc1. The summed E-state index contributed by atoms with van der Waals surface area (Å²) in [6.45, 7) is 1.81. The van der Waals surface area contributed by atoms with Gasteiger partial charge in [-0.2, -0.15) is 0 Å². The van der Waals surface area contributed by atoms with E-state index in [1.807, 2.05) is 13.0 Å². The number of phenols is 1. The normalized spacial score (nSPS) is 12.9. The van der Waals surface area contributed by atoms with Crippen LogP contribution in [0, 0.1) is 0 Å². The number of aromatic hydroxyl groups is 1. The van der Waals surface area contributed by atoms with Crippen molar-refractivity contribution >= 4 is 0 Å². The Morgan fingerprint density at radius 2 is 1.73 bits per heavy atom. The molecule has 0 fully saturated rings. The van der Waals surface area contributed by atoms with Gasteiger partial charge in [0.2, 0.25) is 0 Å². The van der Waals surface area contributed by atoms with E-state index in [9.17, 15) is 20.4 Å². The zero-order valence-electron chi connectivity index (χ0n) is 12.3. The Morgan fingerprint density at radius 3 is 2.36 bits per heavy atom. The van der Waals surface area contributed by atoms with Crippen molar-refractivity contribution < 1.29 is 25.2 Å². The first kappa shape index (κ1) is 16.3. The lowest BCUT2D eigenvalue weighted by Crippen LogP contribution is -2.47. The zero-order chi connectivity index (χ0) is 16.2. The van der Waals surface area contributed by atoms with Gasteiger partial charge in [-0.05, 0) is 24.1 Å². The third kappa shape index (κ3) is 3.57. The Morgan fingerprint density at radius 1 is 1.05 bits per heavy atom. The average Bonchev–Trinajstić information content (AvgIpc) is 2.48. The molecule has 0 spiro atoms. The third-order valence-electron chi connectivity index (χ3n) is 3.32. The molecule has 5 nitrogen and oxygen atoms in total. The van der Waals surface area contributed by atoms with E-state index in [1.54, 1.807) is 24.3 Å². The molecule has 0 bridgehead atoms. The third-order valence-corrected chi connectivity index (χ3v) is 3.32. The summed E-state index contributed by atoms with van der Waals surface area (Å²) >= 11 is 0. The Hall–Kier alpha value is -2.08. The van der Waals surface area contributed by atoms with Crippen LogP contribution in [0.3, 0.4) is 0 Å². The van der Waals surface area contributed by atoms with Gasteiger partial charge in [-0.25, -0.2) is 0 Å². The van der Waals surface area contributed by atoms with Crippen LogP contribution in [-0.4, -0.2) is 32.5 Å². The van der Waals surface area contributed by atoms with Crippen LogP contribution in [0.15, 0.2) is 48.5 Å². The lowest BCUT2D eigenvalue weighted by Gasteiger charge is -2.28. The largest absolute Gasteiger partial charge is 0.507 e. The van der Waals surface area contributed by atoms with Gasteiger partial charge in [-0.15, -0.1) is 0 Å². The highest BCUT2D eigenvalue weighted by atomic mass is 16.8. The van der Waals surface area contributed by atoms with Gasteiger partial charge in [0.05, 0.1) is 5.56 Å². The number of aliphatic hydroxyl groups is 3. The van der Waals surface area contributed by atoms with Gasteiger partial charge in [-0.1, -0.05) is 49.7 Å². The second-order valence-corrected chi connectivity index (χ2v) is 5.08. The van der Waals surface area contributed by atoms with Crippen molar-refractivity contribution in [3.8, 4) is 22.6 Å². The van der Waals surface area contributed by atoms with Crippen LogP contribution in [0.25, 0.3) is 11.1 Å². The van der Waals surface area contributed by atoms with Gasteiger partial charge in [0, 0.05) is 0 Å². The predicted octanol–water partition coefficient (Wildman–Crippen LogP) is 2.24. The number of aliphatic hydroxyl groups excluding tert-OH is 1. The Labute approximate surface area is 129 Å². The van der Waals surface area contributed by atoms with E-state index in [0.717, 1.165) is 0 Å². The minimum absolute atomic E-state index is 0.0514. The van der Waals surface area contributed by atoms with E-state index in [0.29, 0.717) is 17.5 Å². The summed E-state index contributed by atoms with van der Waals surface area (Å²) in [5.41, 5.74) is 0.996. The van der Waals surface area contributed by atoms with Crippen LogP contribution in [0.1, 0.15) is 19.8 Å². The summed E-state index contributed by atoms with van der Waals surface area (Å²) in [5.74, 6) is -2.70. The van der Waals surface area contributed by atoms with Crippen molar-refractivity contribution in [3.63, 3.8) is 0 Å². The van der Waals surface area contributed by atoms with E-state index in [4.69, 9.17) is 4.74 Å². The molecule has 0 aliphatic rings. The molecule has 0 heterocycles. The molecular weight excluding hydrogens is 284 g/mol. The van der Waals surface area contributed by atoms with E-state index >= 15 is 0 Å². The Balaban J connectivity index is 2.38. The molecule has 0 unspecified atom stereocenters. The molecule has 2 aromatic rings. The molecule has 0 radical (unpaired) electrons. The second-order valence-electron chi connectivity index (χ2n) is 5.08. The van der Waals surface area contributed by atoms with Crippen LogP contribution in [0.2, 0.25) is 0 Å². The summed E-state index contributed by atoms with van der Waals surface area (Å²) in [6.07, 6.45) is -0.714. The molecule has 5 heteroatoms. The molecule has 0 amide bonds. The van der Waals surface area contributed by atoms with Crippen molar-refractivity contribution in [1.29, 1.82) is 0 Å². The van der Waals surface area contributed by atoms with Crippen molar-refractivity contribution in [2.45, 2.75) is 31.8 Å². The lowest BCUT2D eigenvalue weighted by molar-refractivity contribution is -0.337. The maximum Gasteiger partial charge on any atom is 0.349 e. The molecule has 4 N–H and O–H groups in total. The minimum atomic E-state index is -2.73. The Bertz CT molecular complexity index is 610. The monoisotopic (exact) mass is 304 g/mol. The first-order valence-corrected chi connectivity index (χ1v) is 7.15. The van der Waals surface area contributed by atoms with Gasteiger partial charge >= 0.3 is 5.97 Å². The molecule has 0 saturated carbocycles. The summed E-state index contributed by atoms with van der Waals surface area (Å²) in [7, 11) is 0. The molecule has 22 heavy (non-hydrogen) atoms. The fraction of sp³-hybridized carbons (Fsp3) is 0.294. The highest BCUT2D eigenvalue weighted by molar-refractivity contribution is 5.76. The number of phenolic OH excluding ortho intramolecular Hbond substituents is 1. The van der Waals surface area contributed by atoms with E-state index in [-0.39, 0.29) is 17.9 Å². The van der Waals surface area contributed by atoms with Gasteiger partial charge in [0.25, 0.3) is 0 Å². The summed E-state index contributed by atoms with van der Waals surface area (Å²) in [4.78, 5) is 0. The molecule has 118 valence electrons. The van der Waals surface area contributed by atoms with E-state index in [2.05, 4.69) is 0 Å². The van der Waals surface area contributed by atoms with E-state index < -0.39 is 12.1 Å². The first-order valence-electron chi connectivity index (χ1n) is 7.15. The van der Waals surface area contributed by atoms with Crippen molar-refractivity contribution in [3.05, 3.63) is 48.5 Å². The van der Waals surface area contributed by atoms with Gasteiger partial charge < -0.3 is 25.2 Å². The second kappa shape index (κ2) is 6.79. The molecule has 0 aliphatic carbocycles. The van der Waals surface area contributed by atoms with Crippen LogP contribution in [-0.2, 0) is 0 Å². The fourth-order valence-electron chi connectivity index (χ4n) is 2.19. The summed E-state index contributed by atoms with van der Waals surface area (Å²) in [5, 5.41) is 39.7. The van der Waals surface area contributed by atoms with Crippen molar-refractivity contribution in [2.24, 2.45) is 0 Å². The number of rotatable bonds is 6.